The Hall–Kier alpha value is -4.13. The average molecular weight is 472 g/mol. The molecule has 0 spiro atoms. The van der Waals surface area contributed by atoms with Gasteiger partial charge in [-0.05, 0) is 55.8 Å². The molecule has 1 saturated heterocycles. The van der Waals surface area contributed by atoms with Gasteiger partial charge in [-0.1, -0.05) is 35.9 Å². The maximum absolute atomic E-state index is 13.6. The van der Waals surface area contributed by atoms with Crippen molar-refractivity contribution in [1.82, 2.24) is 0 Å². The summed E-state index contributed by atoms with van der Waals surface area (Å²) in [4.78, 5) is 39.8. The minimum absolute atomic E-state index is 0.0338. The van der Waals surface area contributed by atoms with Crippen molar-refractivity contribution in [3.63, 3.8) is 0 Å². The molecule has 0 bridgehead atoms. The normalized spacial score (nSPS) is 17.6. The lowest BCUT2D eigenvalue weighted by molar-refractivity contribution is -0.126. The first-order valence-electron chi connectivity index (χ1n) is 11.6. The quantitative estimate of drug-likeness (QED) is 0.525. The fourth-order valence-electron chi connectivity index (χ4n) is 4.52. The van der Waals surface area contributed by atoms with Crippen molar-refractivity contribution < 1.29 is 19.1 Å². The molecule has 1 aliphatic heterocycles. The lowest BCUT2D eigenvalue weighted by atomic mass is 9.82. The molecular weight excluding hydrogens is 442 g/mol. The zero-order valence-corrected chi connectivity index (χ0v) is 20.1. The number of amides is 3. The van der Waals surface area contributed by atoms with Gasteiger partial charge in [-0.3, -0.25) is 14.4 Å². The predicted octanol–water partition coefficient (Wildman–Crippen LogP) is 5.09. The van der Waals surface area contributed by atoms with Gasteiger partial charge in [-0.25, -0.2) is 0 Å². The van der Waals surface area contributed by atoms with Crippen LogP contribution in [-0.4, -0.2) is 24.8 Å². The molecule has 1 heterocycles. The van der Waals surface area contributed by atoms with Crippen molar-refractivity contribution in [2.75, 3.05) is 22.6 Å². The van der Waals surface area contributed by atoms with E-state index in [1.54, 1.807) is 36.3 Å². The zero-order valence-electron chi connectivity index (χ0n) is 20.1. The molecule has 4 rings (SSSR count). The van der Waals surface area contributed by atoms with Gasteiger partial charge in [0.2, 0.25) is 17.7 Å². The van der Waals surface area contributed by atoms with Crippen LogP contribution in [0.5, 0.6) is 5.75 Å². The molecule has 0 aromatic heterocycles. The summed E-state index contributed by atoms with van der Waals surface area (Å²) in [7, 11) is 1.59. The Balaban J connectivity index is 1.70. The summed E-state index contributed by atoms with van der Waals surface area (Å²) in [6.45, 7) is 3.44. The number of hydrogen-bond acceptors (Lipinski definition) is 4. The standard InChI is InChI=1S/C28H29N3O4/c1-18-8-14-22(15-9-18)31-26(33)17-16-24(27(31)23-6-4-5-7-25(23)35-3)28(34)30-21-12-10-20(11-13-21)29-19(2)32/h4-15,24,27H,16-17H2,1-3H3,(H,29,32)(H,30,34)/t24-,27+/m1/s1. The second kappa shape index (κ2) is 10.4. The minimum atomic E-state index is -0.534. The Morgan fingerprint density at radius 3 is 2.17 bits per heavy atom. The van der Waals surface area contributed by atoms with Crippen molar-refractivity contribution in [3.8, 4) is 5.75 Å². The highest BCUT2D eigenvalue weighted by molar-refractivity contribution is 6.00. The topological polar surface area (TPSA) is 87.7 Å². The number of hydrogen-bond donors (Lipinski definition) is 2. The van der Waals surface area contributed by atoms with Gasteiger partial charge in [0, 0.05) is 36.0 Å². The van der Waals surface area contributed by atoms with Crippen LogP contribution >= 0.6 is 0 Å². The average Bonchev–Trinajstić information content (AvgIpc) is 2.85. The molecule has 35 heavy (non-hydrogen) atoms. The molecular formula is C28H29N3O4. The zero-order chi connectivity index (χ0) is 24.9. The number of anilines is 3. The smallest absolute Gasteiger partial charge is 0.229 e. The number of rotatable bonds is 6. The van der Waals surface area contributed by atoms with E-state index in [9.17, 15) is 14.4 Å². The number of ether oxygens (including phenoxy) is 1. The van der Waals surface area contributed by atoms with Crippen molar-refractivity contribution in [2.24, 2.45) is 5.92 Å². The van der Waals surface area contributed by atoms with Crippen LogP contribution in [0.15, 0.2) is 72.8 Å². The van der Waals surface area contributed by atoms with Gasteiger partial charge in [0.05, 0.1) is 19.1 Å². The highest BCUT2D eigenvalue weighted by atomic mass is 16.5. The summed E-state index contributed by atoms with van der Waals surface area (Å²) in [6, 6.07) is 21.7. The van der Waals surface area contributed by atoms with Gasteiger partial charge in [0.1, 0.15) is 5.75 Å². The van der Waals surface area contributed by atoms with Gasteiger partial charge < -0.3 is 20.3 Å². The molecule has 180 valence electrons. The van der Waals surface area contributed by atoms with Crippen LogP contribution in [0.1, 0.15) is 36.9 Å². The minimum Gasteiger partial charge on any atom is -0.496 e. The molecule has 3 aromatic carbocycles. The Morgan fingerprint density at radius 2 is 1.54 bits per heavy atom. The predicted molar refractivity (Wildman–Crippen MR) is 136 cm³/mol. The van der Waals surface area contributed by atoms with E-state index >= 15 is 0 Å². The number of nitrogens with zero attached hydrogens (tertiary/aromatic N) is 1. The third-order valence-electron chi connectivity index (χ3n) is 6.18. The van der Waals surface area contributed by atoms with Crippen LogP contribution < -0.4 is 20.3 Å². The maximum Gasteiger partial charge on any atom is 0.229 e. The van der Waals surface area contributed by atoms with Crippen LogP contribution in [0.25, 0.3) is 0 Å². The van der Waals surface area contributed by atoms with E-state index in [2.05, 4.69) is 10.6 Å². The molecule has 0 saturated carbocycles. The summed E-state index contributed by atoms with van der Waals surface area (Å²) in [6.07, 6.45) is 0.679. The highest BCUT2D eigenvalue weighted by Crippen LogP contribution is 2.43. The molecule has 1 aliphatic rings. The van der Waals surface area contributed by atoms with Crippen molar-refractivity contribution in [2.45, 2.75) is 32.7 Å². The molecule has 3 amide bonds. The van der Waals surface area contributed by atoms with Gasteiger partial charge in [0.15, 0.2) is 0 Å². The Morgan fingerprint density at radius 1 is 0.914 bits per heavy atom. The molecule has 2 N–H and O–H groups in total. The van der Waals surface area contributed by atoms with E-state index in [1.165, 1.54) is 6.92 Å². The van der Waals surface area contributed by atoms with E-state index < -0.39 is 12.0 Å². The summed E-state index contributed by atoms with van der Waals surface area (Å²) in [5, 5.41) is 5.71. The van der Waals surface area contributed by atoms with Crippen molar-refractivity contribution >= 4 is 34.8 Å². The monoisotopic (exact) mass is 471 g/mol. The van der Waals surface area contributed by atoms with Crippen molar-refractivity contribution in [3.05, 3.63) is 83.9 Å². The van der Waals surface area contributed by atoms with Crippen LogP contribution in [0.3, 0.4) is 0 Å². The van der Waals surface area contributed by atoms with E-state index in [0.29, 0.717) is 23.5 Å². The maximum atomic E-state index is 13.6. The lowest BCUT2D eigenvalue weighted by Gasteiger charge is -2.41. The fraction of sp³-hybridized carbons (Fsp3) is 0.250. The van der Waals surface area contributed by atoms with Gasteiger partial charge in [-0.15, -0.1) is 0 Å². The number of methoxy groups -OCH3 is 1. The van der Waals surface area contributed by atoms with E-state index in [0.717, 1.165) is 16.8 Å². The van der Waals surface area contributed by atoms with Gasteiger partial charge >= 0.3 is 0 Å². The molecule has 0 unspecified atom stereocenters. The molecule has 7 nitrogen and oxygen atoms in total. The highest BCUT2D eigenvalue weighted by Gasteiger charge is 2.42. The number of aryl methyl sites for hydroxylation is 1. The van der Waals surface area contributed by atoms with E-state index in [4.69, 9.17) is 4.74 Å². The summed E-state index contributed by atoms with van der Waals surface area (Å²) in [5.41, 5.74) is 3.88. The third-order valence-corrected chi connectivity index (χ3v) is 6.18. The first-order chi connectivity index (χ1) is 16.9. The molecule has 7 heteroatoms. The lowest BCUT2D eigenvalue weighted by Crippen LogP contribution is -2.47. The van der Waals surface area contributed by atoms with Gasteiger partial charge in [0.25, 0.3) is 0 Å². The number of para-hydroxylation sites is 1. The largest absolute Gasteiger partial charge is 0.496 e. The third kappa shape index (κ3) is 5.35. The van der Waals surface area contributed by atoms with Crippen LogP contribution in [0.2, 0.25) is 0 Å². The van der Waals surface area contributed by atoms with Crippen LogP contribution in [-0.2, 0) is 14.4 Å². The SMILES string of the molecule is COc1ccccc1[C@H]1[C@H](C(=O)Nc2ccc(NC(C)=O)cc2)CCC(=O)N1c1ccc(C)cc1. The van der Waals surface area contributed by atoms with E-state index in [-0.39, 0.29) is 24.1 Å². The van der Waals surface area contributed by atoms with Gasteiger partial charge in [-0.2, -0.15) is 0 Å². The molecule has 0 radical (unpaired) electrons. The molecule has 3 aromatic rings. The fourth-order valence-corrected chi connectivity index (χ4v) is 4.52. The first-order valence-corrected chi connectivity index (χ1v) is 11.6. The second-order valence-corrected chi connectivity index (χ2v) is 8.68. The number of carbonyl (C=O) groups is 3. The molecule has 0 aliphatic carbocycles. The number of benzene rings is 3. The Bertz CT molecular complexity index is 1220. The van der Waals surface area contributed by atoms with Crippen LogP contribution in [0.4, 0.5) is 17.1 Å². The number of carbonyl (C=O) groups excluding carboxylic acids is 3. The number of nitrogens with one attached hydrogen (secondary N) is 2. The molecule has 1 fully saturated rings. The Labute approximate surface area is 205 Å². The van der Waals surface area contributed by atoms with Crippen molar-refractivity contribution in [1.29, 1.82) is 0 Å². The second-order valence-electron chi connectivity index (χ2n) is 8.68. The first kappa shape index (κ1) is 24.0. The molecule has 2 atom stereocenters. The van der Waals surface area contributed by atoms with E-state index in [1.807, 2.05) is 55.5 Å². The van der Waals surface area contributed by atoms with Crippen LogP contribution in [0, 0.1) is 12.8 Å². The summed E-state index contributed by atoms with van der Waals surface area (Å²) < 4.78 is 5.62. The summed E-state index contributed by atoms with van der Waals surface area (Å²) in [5.74, 6) is -0.252. The Kier molecular flexibility index (Phi) is 7.15. The summed E-state index contributed by atoms with van der Waals surface area (Å²) >= 11 is 0. The number of piperidine rings is 1.